The molecular formula is C8H11NO4S. The molecule has 0 aromatic rings. The van der Waals surface area contributed by atoms with Gasteiger partial charge in [-0.15, -0.1) is 11.8 Å². The molecule has 0 aromatic carbocycles. The second-order valence-electron chi connectivity index (χ2n) is 4.03. The first-order valence-corrected chi connectivity index (χ1v) is 5.14. The summed E-state index contributed by atoms with van der Waals surface area (Å²) in [7, 11) is 0. The molecule has 2 aliphatic rings. The summed E-state index contributed by atoms with van der Waals surface area (Å²) in [6.07, 6.45) is 0.323. The predicted molar refractivity (Wildman–Crippen MR) is 49.5 cm³/mol. The maximum absolute atomic E-state index is 11.2. The van der Waals surface area contributed by atoms with Gasteiger partial charge in [0.15, 0.2) is 0 Å². The molecule has 0 aromatic heterocycles. The van der Waals surface area contributed by atoms with Crippen molar-refractivity contribution in [1.82, 2.24) is 4.90 Å². The Bertz CT molecular complexity index is 329. The van der Waals surface area contributed by atoms with Gasteiger partial charge >= 0.3 is 5.97 Å². The maximum Gasteiger partial charge on any atom is 0.358 e. The summed E-state index contributed by atoms with van der Waals surface area (Å²) in [5.41, 5.74) is -2.06. The Kier molecular flexibility index (Phi) is 1.70. The number of fused-ring (bicyclic) bond motifs is 1. The van der Waals surface area contributed by atoms with E-state index in [4.69, 9.17) is 5.11 Å². The molecule has 2 N–H and O–H groups in total. The number of hydrogen-bond donors (Lipinski definition) is 2. The van der Waals surface area contributed by atoms with E-state index >= 15 is 0 Å². The maximum atomic E-state index is 11.2. The summed E-state index contributed by atoms with van der Waals surface area (Å²) in [4.78, 5) is 23.3. The van der Waals surface area contributed by atoms with Gasteiger partial charge in [0.05, 0.1) is 16.5 Å². The number of carboxylic acids is 1. The molecule has 2 saturated heterocycles. The number of hydrogen-bond acceptors (Lipinski definition) is 4. The molecule has 2 heterocycles. The highest BCUT2D eigenvalue weighted by Gasteiger charge is 2.69. The molecule has 78 valence electrons. The van der Waals surface area contributed by atoms with Crippen molar-refractivity contribution in [1.29, 1.82) is 0 Å². The zero-order chi connectivity index (χ0) is 10.7. The minimum absolute atomic E-state index is 0.182. The molecule has 2 unspecified atom stereocenters. The van der Waals surface area contributed by atoms with E-state index in [2.05, 4.69) is 0 Å². The smallest absolute Gasteiger partial charge is 0.358 e. The molecule has 6 heteroatoms. The highest BCUT2D eigenvalue weighted by molar-refractivity contribution is 8.01. The normalized spacial score (nSPS) is 39.2. The van der Waals surface area contributed by atoms with Crippen molar-refractivity contribution in [3.8, 4) is 0 Å². The van der Waals surface area contributed by atoms with Crippen LogP contribution in [0.2, 0.25) is 0 Å². The lowest BCUT2D eigenvalue weighted by Gasteiger charge is -2.42. The number of carbonyl (C=O) groups is 2. The molecule has 2 fully saturated rings. The van der Waals surface area contributed by atoms with Gasteiger partial charge in [-0.3, -0.25) is 9.69 Å². The van der Waals surface area contributed by atoms with E-state index < -0.39 is 16.4 Å². The average molecular weight is 217 g/mol. The van der Waals surface area contributed by atoms with Crippen LogP contribution in [-0.4, -0.2) is 42.8 Å². The van der Waals surface area contributed by atoms with E-state index in [-0.39, 0.29) is 11.3 Å². The molecule has 0 saturated carbocycles. The van der Waals surface area contributed by atoms with E-state index in [1.165, 1.54) is 11.8 Å². The van der Waals surface area contributed by atoms with Gasteiger partial charge in [-0.25, -0.2) is 4.79 Å². The number of aliphatic hydroxyl groups is 1. The molecule has 5 nitrogen and oxygen atoms in total. The van der Waals surface area contributed by atoms with Gasteiger partial charge in [0.2, 0.25) is 5.91 Å². The van der Waals surface area contributed by atoms with Crippen molar-refractivity contribution in [3.63, 3.8) is 0 Å². The van der Waals surface area contributed by atoms with E-state index in [1.54, 1.807) is 13.8 Å². The lowest BCUT2D eigenvalue weighted by atomic mass is 9.94. The van der Waals surface area contributed by atoms with Gasteiger partial charge in [0, 0.05) is 0 Å². The van der Waals surface area contributed by atoms with Gasteiger partial charge in [0.1, 0.15) is 0 Å². The number of β-lactam (4-membered cyclic amide) rings is 1. The standard InChI is InChI=1S/C8H11NO4S/c1-7(2)8(13,6(11)12)9-4(10)3-5(9)14-7/h5,13H,3H2,1-2H3,(H,11,12). The van der Waals surface area contributed by atoms with Crippen molar-refractivity contribution >= 4 is 23.6 Å². The molecule has 0 radical (unpaired) electrons. The number of carbonyl (C=O) groups excluding carboxylic acids is 1. The van der Waals surface area contributed by atoms with E-state index in [0.29, 0.717) is 6.42 Å². The average Bonchev–Trinajstić information content (AvgIpc) is 2.16. The topological polar surface area (TPSA) is 77.8 Å². The summed E-state index contributed by atoms with van der Waals surface area (Å²) in [6.45, 7) is 3.27. The summed E-state index contributed by atoms with van der Waals surface area (Å²) in [6, 6.07) is 0. The van der Waals surface area contributed by atoms with Gasteiger partial charge < -0.3 is 10.2 Å². The van der Waals surface area contributed by atoms with Gasteiger partial charge in [-0.05, 0) is 13.8 Å². The summed E-state index contributed by atoms with van der Waals surface area (Å²) in [5, 5.41) is 18.9. The van der Waals surface area contributed by atoms with Gasteiger partial charge in [-0.2, -0.15) is 0 Å². The van der Waals surface area contributed by atoms with Crippen LogP contribution >= 0.6 is 11.8 Å². The van der Waals surface area contributed by atoms with E-state index in [0.717, 1.165) is 4.90 Å². The summed E-state index contributed by atoms with van der Waals surface area (Å²) >= 11 is 1.33. The van der Waals surface area contributed by atoms with E-state index in [1.807, 2.05) is 0 Å². The lowest BCUT2D eigenvalue weighted by molar-refractivity contribution is -0.201. The predicted octanol–water partition coefficient (Wildman–Crippen LogP) is -0.157. The number of aliphatic carboxylic acids is 1. The molecular weight excluding hydrogens is 206 g/mol. The van der Waals surface area contributed by atoms with Crippen LogP contribution in [-0.2, 0) is 9.59 Å². The van der Waals surface area contributed by atoms with Crippen LogP contribution in [0.25, 0.3) is 0 Å². The lowest BCUT2D eigenvalue weighted by Crippen LogP contribution is -2.67. The number of carboxylic acid groups (broad SMARTS) is 1. The first-order chi connectivity index (χ1) is 6.30. The molecule has 1 amide bonds. The van der Waals surface area contributed by atoms with Crippen molar-refractivity contribution in [2.75, 3.05) is 0 Å². The van der Waals surface area contributed by atoms with Crippen LogP contribution in [0.1, 0.15) is 20.3 Å². The quantitative estimate of drug-likeness (QED) is 0.597. The SMILES string of the molecule is CC1(C)SC2CC(=O)N2C1(O)C(=O)O. The van der Waals surface area contributed by atoms with Crippen molar-refractivity contribution in [3.05, 3.63) is 0 Å². The van der Waals surface area contributed by atoms with Crippen LogP contribution in [0.4, 0.5) is 0 Å². The zero-order valence-electron chi connectivity index (χ0n) is 7.85. The first-order valence-electron chi connectivity index (χ1n) is 4.26. The molecule has 0 spiro atoms. The summed E-state index contributed by atoms with van der Waals surface area (Å²) < 4.78 is -0.865. The Labute approximate surface area is 85.1 Å². The number of nitrogens with zero attached hydrogens (tertiary/aromatic N) is 1. The van der Waals surface area contributed by atoms with Gasteiger partial charge in [-0.1, -0.05) is 0 Å². The van der Waals surface area contributed by atoms with Crippen molar-refractivity contribution in [2.45, 2.75) is 36.1 Å². The highest BCUT2D eigenvalue weighted by atomic mass is 32.2. The van der Waals surface area contributed by atoms with Crippen LogP contribution in [0, 0.1) is 0 Å². The Morgan fingerprint density at radius 1 is 1.64 bits per heavy atom. The third-order valence-electron chi connectivity index (χ3n) is 2.82. The molecule has 0 aliphatic carbocycles. The second-order valence-corrected chi connectivity index (χ2v) is 5.83. The second kappa shape index (κ2) is 2.43. The zero-order valence-corrected chi connectivity index (χ0v) is 8.67. The van der Waals surface area contributed by atoms with Gasteiger partial charge in [0.25, 0.3) is 5.72 Å². The fourth-order valence-corrected chi connectivity index (χ4v) is 3.57. The van der Waals surface area contributed by atoms with Crippen LogP contribution in [0.15, 0.2) is 0 Å². The fourth-order valence-electron chi connectivity index (χ4n) is 1.94. The summed E-state index contributed by atoms with van der Waals surface area (Å²) in [5.74, 6) is -1.65. The highest BCUT2D eigenvalue weighted by Crippen LogP contribution is 2.55. The molecule has 2 rings (SSSR count). The molecule has 14 heavy (non-hydrogen) atoms. The Hall–Kier alpha value is -0.750. The van der Waals surface area contributed by atoms with Crippen LogP contribution in [0.5, 0.6) is 0 Å². The Morgan fingerprint density at radius 2 is 2.21 bits per heavy atom. The monoisotopic (exact) mass is 217 g/mol. The van der Waals surface area contributed by atoms with Crippen molar-refractivity contribution in [2.24, 2.45) is 0 Å². The number of amides is 1. The minimum atomic E-state index is -2.06. The largest absolute Gasteiger partial charge is 0.478 e. The third kappa shape index (κ3) is 0.852. The fraction of sp³-hybridized carbons (Fsp3) is 0.750. The first kappa shape index (κ1) is 9.79. The Morgan fingerprint density at radius 3 is 2.57 bits per heavy atom. The van der Waals surface area contributed by atoms with Crippen LogP contribution in [0.3, 0.4) is 0 Å². The molecule has 2 atom stereocenters. The minimum Gasteiger partial charge on any atom is -0.478 e. The molecule has 2 aliphatic heterocycles. The van der Waals surface area contributed by atoms with Crippen LogP contribution < -0.4 is 0 Å². The van der Waals surface area contributed by atoms with E-state index in [9.17, 15) is 14.7 Å². The molecule has 0 bridgehead atoms. The van der Waals surface area contributed by atoms with Crippen molar-refractivity contribution < 1.29 is 19.8 Å². The third-order valence-corrected chi connectivity index (χ3v) is 4.35. The Balaban J connectivity index is 2.45. The number of thioether (sulfide) groups is 1. The number of rotatable bonds is 1.